The highest BCUT2D eigenvalue weighted by Crippen LogP contribution is 2.33. The summed E-state index contributed by atoms with van der Waals surface area (Å²) in [7, 11) is 0. The van der Waals surface area contributed by atoms with E-state index in [1.54, 1.807) is 6.92 Å². The van der Waals surface area contributed by atoms with E-state index in [1.165, 1.54) is 22.8 Å². The van der Waals surface area contributed by atoms with Crippen molar-refractivity contribution < 1.29 is 28.2 Å². The van der Waals surface area contributed by atoms with E-state index in [9.17, 15) is 23.5 Å². The molecule has 0 bridgehead atoms. The second kappa shape index (κ2) is 7.72. The molecule has 1 aliphatic carbocycles. The Balaban J connectivity index is 1.81. The Morgan fingerprint density at radius 1 is 1.20 bits per heavy atom. The van der Waals surface area contributed by atoms with E-state index >= 15 is 0 Å². The molecule has 3 aromatic rings. The first-order chi connectivity index (χ1) is 14.3. The molecule has 1 heterocycles. The number of hydrogen-bond acceptors (Lipinski definition) is 4. The monoisotopic (exact) mass is 433 g/mol. The number of halogens is 3. The number of nitrogens with zero attached hydrogens (tertiary/aromatic N) is 1. The third kappa shape index (κ3) is 3.54. The van der Waals surface area contributed by atoms with E-state index in [1.807, 2.05) is 0 Å². The smallest absolute Gasteiger partial charge is 0.310 e. The van der Waals surface area contributed by atoms with E-state index in [2.05, 4.69) is 0 Å². The first kappa shape index (κ1) is 20.3. The van der Waals surface area contributed by atoms with Gasteiger partial charge in [-0.25, -0.2) is 8.78 Å². The second-order valence-corrected chi connectivity index (χ2v) is 7.78. The molecule has 0 aliphatic heterocycles. The minimum atomic E-state index is -0.917. The zero-order valence-corrected chi connectivity index (χ0v) is 16.8. The average Bonchev–Trinajstić information content (AvgIpc) is 2.91. The minimum absolute atomic E-state index is 0.00831. The van der Waals surface area contributed by atoms with Gasteiger partial charge in [-0.05, 0) is 56.0 Å². The molecule has 0 spiro atoms. The van der Waals surface area contributed by atoms with Crippen molar-refractivity contribution in [3.8, 4) is 5.75 Å². The van der Waals surface area contributed by atoms with E-state index in [0.29, 0.717) is 16.6 Å². The van der Waals surface area contributed by atoms with Gasteiger partial charge in [-0.15, -0.1) is 0 Å². The van der Waals surface area contributed by atoms with Gasteiger partial charge in [0.2, 0.25) is 0 Å². The van der Waals surface area contributed by atoms with Crippen molar-refractivity contribution in [1.29, 1.82) is 0 Å². The first-order valence-electron chi connectivity index (χ1n) is 9.48. The number of ether oxygens (including phenoxy) is 1. The molecule has 0 amide bonds. The number of carbonyl (C=O) groups excluding carboxylic acids is 2. The van der Waals surface area contributed by atoms with Crippen molar-refractivity contribution in [3.05, 3.63) is 63.8 Å². The summed E-state index contributed by atoms with van der Waals surface area (Å²) in [6.45, 7) is 1.60. The summed E-state index contributed by atoms with van der Waals surface area (Å²) in [6.07, 6.45) is 2.41. The summed E-state index contributed by atoms with van der Waals surface area (Å²) in [6, 6.07) is 5.81. The van der Waals surface area contributed by atoms with Gasteiger partial charge in [-0.2, -0.15) is 0 Å². The Morgan fingerprint density at radius 3 is 2.57 bits per heavy atom. The van der Waals surface area contributed by atoms with Gasteiger partial charge in [0.15, 0.2) is 11.6 Å². The summed E-state index contributed by atoms with van der Waals surface area (Å²) in [5, 5.41) is 10.1. The predicted octanol–water partition coefficient (Wildman–Crippen LogP) is 4.91. The van der Waals surface area contributed by atoms with Crippen molar-refractivity contribution in [2.45, 2.75) is 38.7 Å². The maximum atomic E-state index is 14.1. The van der Waals surface area contributed by atoms with Crippen LogP contribution >= 0.6 is 11.6 Å². The van der Waals surface area contributed by atoms with Gasteiger partial charge in [-0.3, -0.25) is 14.2 Å². The first-order valence-corrected chi connectivity index (χ1v) is 9.85. The molecule has 1 aliphatic rings. The van der Waals surface area contributed by atoms with Crippen LogP contribution in [0, 0.1) is 18.6 Å². The molecule has 0 radical (unpaired) electrons. The van der Waals surface area contributed by atoms with Crippen LogP contribution in [0.5, 0.6) is 5.75 Å². The topological polar surface area (TPSA) is 68.5 Å². The molecule has 1 N–H and O–H groups in total. The fourth-order valence-corrected chi connectivity index (χ4v) is 3.71. The quantitative estimate of drug-likeness (QED) is 0.593. The van der Waals surface area contributed by atoms with Gasteiger partial charge < -0.3 is 9.84 Å². The lowest BCUT2D eigenvalue weighted by molar-refractivity contribution is -0.152. The molecule has 1 aromatic heterocycles. The van der Waals surface area contributed by atoms with Crippen LogP contribution in [-0.2, 0) is 16.0 Å². The van der Waals surface area contributed by atoms with Gasteiger partial charge in [-0.1, -0.05) is 11.6 Å². The average molecular weight is 434 g/mol. The van der Waals surface area contributed by atoms with Gasteiger partial charge >= 0.3 is 5.97 Å². The molecule has 5 nitrogen and oxygen atoms in total. The molecule has 156 valence electrons. The Hall–Kier alpha value is -2.93. The molecule has 0 saturated heterocycles. The number of rotatable bonds is 4. The van der Waals surface area contributed by atoms with Gasteiger partial charge in [0.25, 0.3) is 5.91 Å². The van der Waals surface area contributed by atoms with Gasteiger partial charge in [0, 0.05) is 22.7 Å². The maximum absolute atomic E-state index is 14.1. The third-order valence-electron chi connectivity index (χ3n) is 5.44. The molecular formula is C22H18ClF2NO4. The molecule has 0 unspecified atom stereocenters. The minimum Gasteiger partial charge on any atom is -0.505 e. The van der Waals surface area contributed by atoms with E-state index in [0.717, 1.165) is 31.4 Å². The fraction of sp³-hybridized carbons (Fsp3) is 0.273. The van der Waals surface area contributed by atoms with Crippen LogP contribution < -0.4 is 0 Å². The Bertz CT molecular complexity index is 1180. The zero-order valence-electron chi connectivity index (χ0n) is 16.0. The fourth-order valence-electron chi connectivity index (χ4n) is 3.59. The third-order valence-corrected chi connectivity index (χ3v) is 5.75. The number of fused-ring (bicyclic) bond motifs is 1. The van der Waals surface area contributed by atoms with Crippen molar-refractivity contribution in [3.63, 3.8) is 0 Å². The van der Waals surface area contributed by atoms with Crippen LogP contribution in [0.15, 0.2) is 30.3 Å². The largest absolute Gasteiger partial charge is 0.505 e. The lowest BCUT2D eigenvalue weighted by Crippen LogP contribution is -2.26. The van der Waals surface area contributed by atoms with Crippen LogP contribution in [0.2, 0.25) is 5.02 Å². The van der Waals surface area contributed by atoms with Crippen molar-refractivity contribution in [1.82, 2.24) is 4.57 Å². The number of aromatic nitrogens is 1. The summed E-state index contributed by atoms with van der Waals surface area (Å²) in [5.41, 5.74) is 0.983. The highest BCUT2D eigenvalue weighted by Gasteiger charge is 2.26. The number of hydrogen-bond donors (Lipinski definition) is 1. The molecule has 8 heteroatoms. The normalized spacial score (nSPS) is 14.0. The summed E-state index contributed by atoms with van der Waals surface area (Å²) in [5.74, 6) is -3.35. The van der Waals surface area contributed by atoms with Crippen molar-refractivity contribution in [2.75, 3.05) is 0 Å². The highest BCUT2D eigenvalue weighted by atomic mass is 35.5. The Morgan fingerprint density at radius 2 is 1.93 bits per heavy atom. The number of phenolic OH excluding ortho intramolecular Hbond substituents is 1. The zero-order chi connectivity index (χ0) is 21.6. The van der Waals surface area contributed by atoms with Crippen LogP contribution in [0.1, 0.15) is 40.9 Å². The van der Waals surface area contributed by atoms with Gasteiger partial charge in [0.05, 0.1) is 17.0 Å². The number of benzene rings is 2. The highest BCUT2D eigenvalue weighted by molar-refractivity contribution is 6.30. The van der Waals surface area contributed by atoms with E-state index in [4.69, 9.17) is 16.3 Å². The van der Waals surface area contributed by atoms with Crippen LogP contribution in [0.25, 0.3) is 10.9 Å². The number of esters is 1. The number of aromatic hydroxyl groups is 1. The number of phenols is 1. The van der Waals surface area contributed by atoms with E-state index in [-0.39, 0.29) is 28.6 Å². The van der Waals surface area contributed by atoms with Crippen LogP contribution in [-0.4, -0.2) is 27.7 Å². The molecule has 2 aromatic carbocycles. The molecule has 4 rings (SSSR count). The van der Waals surface area contributed by atoms with Crippen LogP contribution in [0.3, 0.4) is 0 Å². The number of carbonyl (C=O) groups is 2. The second-order valence-electron chi connectivity index (χ2n) is 7.37. The standard InChI is InChI=1S/C22H18ClF2NO4/c1-11-14(9-21(28)30-13-3-2-4-13)15-8-20(27)18(25)10-19(15)26(11)22(29)12-5-6-16(23)17(24)7-12/h5-8,10,13,27H,2-4,9H2,1H3. The Kier molecular flexibility index (Phi) is 5.24. The van der Waals surface area contributed by atoms with E-state index < -0.39 is 29.3 Å². The van der Waals surface area contributed by atoms with Crippen molar-refractivity contribution in [2.24, 2.45) is 0 Å². The molecule has 1 fully saturated rings. The summed E-state index contributed by atoms with van der Waals surface area (Å²) >= 11 is 5.69. The van der Waals surface area contributed by atoms with Gasteiger partial charge in [0.1, 0.15) is 11.9 Å². The molecular weight excluding hydrogens is 416 g/mol. The Labute approximate surface area is 175 Å². The molecule has 30 heavy (non-hydrogen) atoms. The molecule has 1 saturated carbocycles. The predicted molar refractivity (Wildman–Crippen MR) is 107 cm³/mol. The SMILES string of the molecule is Cc1c(CC(=O)OC2CCC2)c2cc(O)c(F)cc2n1C(=O)c1ccc(Cl)c(F)c1. The maximum Gasteiger partial charge on any atom is 0.310 e. The summed E-state index contributed by atoms with van der Waals surface area (Å²) in [4.78, 5) is 25.5. The summed E-state index contributed by atoms with van der Waals surface area (Å²) < 4.78 is 34.6. The molecule has 0 atom stereocenters. The van der Waals surface area contributed by atoms with Crippen molar-refractivity contribution >= 4 is 34.4 Å². The lowest BCUT2D eigenvalue weighted by Gasteiger charge is -2.25. The van der Waals surface area contributed by atoms with Crippen LogP contribution in [0.4, 0.5) is 8.78 Å². The lowest BCUT2D eigenvalue weighted by atomic mass is 9.96.